The molecule has 2 saturated heterocycles. The molecular formula is C27H33N3O5. The van der Waals surface area contributed by atoms with Gasteiger partial charge in [0, 0.05) is 24.7 Å². The molecular weight excluding hydrogens is 446 g/mol. The highest BCUT2D eigenvalue weighted by Crippen LogP contribution is 2.31. The minimum Gasteiger partial charge on any atom is -0.493 e. The van der Waals surface area contributed by atoms with Gasteiger partial charge in [-0.2, -0.15) is 0 Å². The third kappa shape index (κ3) is 4.91. The van der Waals surface area contributed by atoms with Crippen molar-refractivity contribution in [1.29, 1.82) is 0 Å². The first-order valence-electron chi connectivity index (χ1n) is 12.5. The van der Waals surface area contributed by atoms with E-state index in [0.717, 1.165) is 12.8 Å². The second kappa shape index (κ2) is 10.4. The van der Waals surface area contributed by atoms with Gasteiger partial charge in [-0.05, 0) is 55.5 Å². The van der Waals surface area contributed by atoms with E-state index in [4.69, 9.17) is 9.47 Å². The Morgan fingerprint density at radius 3 is 2.66 bits per heavy atom. The van der Waals surface area contributed by atoms with Crippen LogP contribution in [0.3, 0.4) is 0 Å². The smallest absolute Gasteiger partial charge is 0.255 e. The average molecular weight is 480 g/mol. The number of hydrogen-bond donors (Lipinski definition) is 3. The number of ether oxygens (including phenoxy) is 2. The number of fused-ring (bicyclic) bond motifs is 3. The van der Waals surface area contributed by atoms with E-state index in [2.05, 4.69) is 22.8 Å². The summed E-state index contributed by atoms with van der Waals surface area (Å²) in [4.78, 5) is 28.2. The SMILES string of the molecule is CCOc1cc(C(=O)N2C3CCC2COC3)ccc1C(=O)NCC(O)C1Cc2ccccc2CN1. The van der Waals surface area contributed by atoms with E-state index in [1.807, 2.05) is 24.0 Å². The molecule has 8 heteroatoms. The molecule has 3 N–H and O–H groups in total. The lowest BCUT2D eigenvalue weighted by Crippen LogP contribution is -2.49. The molecule has 2 amide bonds. The highest BCUT2D eigenvalue weighted by Gasteiger charge is 2.40. The zero-order valence-electron chi connectivity index (χ0n) is 20.0. The fourth-order valence-electron chi connectivity index (χ4n) is 5.41. The van der Waals surface area contributed by atoms with Crippen molar-refractivity contribution in [2.75, 3.05) is 26.4 Å². The molecule has 2 aromatic carbocycles. The summed E-state index contributed by atoms with van der Waals surface area (Å²) in [5, 5.41) is 16.9. The van der Waals surface area contributed by atoms with Crippen LogP contribution in [0.2, 0.25) is 0 Å². The number of rotatable bonds is 7. The summed E-state index contributed by atoms with van der Waals surface area (Å²) < 4.78 is 11.3. The van der Waals surface area contributed by atoms with Gasteiger partial charge in [-0.3, -0.25) is 9.59 Å². The normalized spacial score (nSPS) is 23.9. The van der Waals surface area contributed by atoms with Crippen LogP contribution in [0, 0.1) is 0 Å². The molecule has 3 aliphatic rings. The topological polar surface area (TPSA) is 100 Å². The largest absolute Gasteiger partial charge is 0.493 e. The summed E-state index contributed by atoms with van der Waals surface area (Å²) in [5.74, 6) is -0.0161. The number of aliphatic hydroxyl groups excluding tert-OH is 1. The van der Waals surface area contributed by atoms with Crippen molar-refractivity contribution in [3.05, 3.63) is 64.7 Å². The second-order valence-corrected chi connectivity index (χ2v) is 9.52. The van der Waals surface area contributed by atoms with Gasteiger partial charge in [0.25, 0.3) is 11.8 Å². The van der Waals surface area contributed by atoms with Crippen LogP contribution >= 0.6 is 0 Å². The summed E-state index contributed by atoms with van der Waals surface area (Å²) in [6, 6.07) is 13.2. The van der Waals surface area contributed by atoms with Crippen molar-refractivity contribution in [2.45, 2.75) is 57.0 Å². The Kier molecular flexibility index (Phi) is 7.04. The van der Waals surface area contributed by atoms with E-state index >= 15 is 0 Å². The number of benzene rings is 2. The monoisotopic (exact) mass is 479 g/mol. The predicted molar refractivity (Wildman–Crippen MR) is 131 cm³/mol. The molecule has 3 aliphatic heterocycles. The standard InChI is InChI=1S/C27H33N3O5/c1-2-35-25-12-18(27(33)30-20-8-9-21(30)16-34-15-20)7-10-22(25)26(32)29-14-24(31)23-11-17-5-3-4-6-19(17)13-28-23/h3-7,10,12,20-21,23-24,28,31H,2,8-9,11,13-16H2,1H3,(H,29,32). The first kappa shape index (κ1) is 23.8. The first-order valence-corrected chi connectivity index (χ1v) is 12.5. The number of carbonyl (C=O) groups is 2. The molecule has 0 spiro atoms. The van der Waals surface area contributed by atoms with Gasteiger partial charge in [-0.25, -0.2) is 0 Å². The maximum absolute atomic E-state index is 13.3. The molecule has 2 bridgehead atoms. The fraction of sp³-hybridized carbons (Fsp3) is 0.481. The number of carbonyl (C=O) groups excluding carboxylic acids is 2. The number of nitrogens with one attached hydrogen (secondary N) is 2. The molecule has 5 rings (SSSR count). The molecule has 0 aliphatic carbocycles. The Morgan fingerprint density at radius 1 is 1.17 bits per heavy atom. The summed E-state index contributed by atoms with van der Waals surface area (Å²) >= 11 is 0. The van der Waals surface area contributed by atoms with E-state index in [1.165, 1.54) is 11.1 Å². The van der Waals surface area contributed by atoms with Crippen LogP contribution in [-0.4, -0.2) is 72.4 Å². The highest BCUT2D eigenvalue weighted by atomic mass is 16.5. The molecule has 186 valence electrons. The van der Waals surface area contributed by atoms with Gasteiger partial charge in [0.15, 0.2) is 0 Å². The van der Waals surface area contributed by atoms with Gasteiger partial charge in [0.05, 0.1) is 43.6 Å². The maximum atomic E-state index is 13.3. The number of amides is 2. The highest BCUT2D eigenvalue weighted by molar-refractivity contribution is 6.00. The number of nitrogens with zero attached hydrogens (tertiary/aromatic N) is 1. The van der Waals surface area contributed by atoms with Crippen LogP contribution in [0.15, 0.2) is 42.5 Å². The van der Waals surface area contributed by atoms with Crippen LogP contribution < -0.4 is 15.4 Å². The zero-order chi connectivity index (χ0) is 24.4. The number of morpholine rings is 1. The van der Waals surface area contributed by atoms with Crippen molar-refractivity contribution in [1.82, 2.24) is 15.5 Å². The van der Waals surface area contributed by atoms with Crippen LogP contribution in [0.25, 0.3) is 0 Å². The van der Waals surface area contributed by atoms with E-state index in [-0.39, 0.29) is 36.5 Å². The van der Waals surface area contributed by atoms with E-state index in [0.29, 0.717) is 49.7 Å². The lowest BCUT2D eigenvalue weighted by Gasteiger charge is -2.34. The van der Waals surface area contributed by atoms with E-state index < -0.39 is 6.10 Å². The van der Waals surface area contributed by atoms with Crippen LogP contribution in [-0.2, 0) is 17.7 Å². The minimum atomic E-state index is -0.736. The minimum absolute atomic E-state index is 0.0483. The fourth-order valence-corrected chi connectivity index (χ4v) is 5.41. The van der Waals surface area contributed by atoms with Crippen molar-refractivity contribution in [2.24, 2.45) is 0 Å². The summed E-state index contributed by atoms with van der Waals surface area (Å²) in [7, 11) is 0. The van der Waals surface area contributed by atoms with Gasteiger partial charge in [-0.15, -0.1) is 0 Å². The molecule has 0 saturated carbocycles. The van der Waals surface area contributed by atoms with Crippen molar-refractivity contribution >= 4 is 11.8 Å². The molecule has 8 nitrogen and oxygen atoms in total. The Labute approximate surface area is 205 Å². The quantitative estimate of drug-likeness (QED) is 0.561. The molecule has 0 radical (unpaired) electrons. The summed E-state index contributed by atoms with van der Waals surface area (Å²) in [6.45, 7) is 4.17. The third-order valence-electron chi connectivity index (χ3n) is 7.30. The van der Waals surface area contributed by atoms with Crippen LogP contribution in [0.5, 0.6) is 5.75 Å². The molecule has 4 unspecified atom stereocenters. The van der Waals surface area contributed by atoms with Crippen molar-refractivity contribution < 1.29 is 24.2 Å². The number of hydrogen-bond acceptors (Lipinski definition) is 6. The molecule has 0 aromatic heterocycles. The lowest BCUT2D eigenvalue weighted by molar-refractivity contribution is -0.00717. The Hall–Kier alpha value is -2.94. The molecule has 2 fully saturated rings. The average Bonchev–Trinajstić information content (AvgIpc) is 3.14. The molecule has 4 atom stereocenters. The Morgan fingerprint density at radius 2 is 1.91 bits per heavy atom. The molecule has 35 heavy (non-hydrogen) atoms. The van der Waals surface area contributed by atoms with E-state index in [9.17, 15) is 14.7 Å². The van der Waals surface area contributed by atoms with Crippen LogP contribution in [0.1, 0.15) is 51.6 Å². The van der Waals surface area contributed by atoms with Gasteiger partial charge < -0.3 is 30.1 Å². The van der Waals surface area contributed by atoms with Gasteiger partial charge >= 0.3 is 0 Å². The Balaban J connectivity index is 1.24. The van der Waals surface area contributed by atoms with E-state index in [1.54, 1.807) is 18.2 Å². The molecule has 3 heterocycles. The third-order valence-corrected chi connectivity index (χ3v) is 7.30. The lowest BCUT2D eigenvalue weighted by atomic mass is 9.93. The van der Waals surface area contributed by atoms with Gasteiger partial charge in [-0.1, -0.05) is 24.3 Å². The second-order valence-electron chi connectivity index (χ2n) is 9.52. The van der Waals surface area contributed by atoms with Gasteiger partial charge in [0.1, 0.15) is 5.75 Å². The maximum Gasteiger partial charge on any atom is 0.255 e. The summed E-state index contributed by atoms with van der Waals surface area (Å²) in [6.07, 6.45) is 1.89. The first-order chi connectivity index (χ1) is 17.0. The van der Waals surface area contributed by atoms with Gasteiger partial charge in [0.2, 0.25) is 0 Å². The predicted octanol–water partition coefficient (Wildman–Crippen LogP) is 1.89. The van der Waals surface area contributed by atoms with Crippen molar-refractivity contribution in [3.8, 4) is 5.75 Å². The summed E-state index contributed by atoms with van der Waals surface area (Å²) in [5.41, 5.74) is 3.31. The number of aliphatic hydroxyl groups is 1. The zero-order valence-corrected chi connectivity index (χ0v) is 20.0. The van der Waals surface area contributed by atoms with Crippen molar-refractivity contribution in [3.63, 3.8) is 0 Å². The Bertz CT molecular complexity index is 1070. The van der Waals surface area contributed by atoms with Crippen LogP contribution in [0.4, 0.5) is 0 Å². The molecule has 2 aromatic rings.